The largest absolute Gasteiger partial charge is 0.497 e. The molecule has 1 aromatic carbocycles. The van der Waals surface area contributed by atoms with Crippen molar-refractivity contribution in [3.63, 3.8) is 0 Å². The van der Waals surface area contributed by atoms with Crippen molar-refractivity contribution in [3.8, 4) is 5.75 Å². The van der Waals surface area contributed by atoms with E-state index >= 15 is 0 Å². The van der Waals surface area contributed by atoms with Gasteiger partial charge in [0.15, 0.2) is 0 Å². The van der Waals surface area contributed by atoms with Gasteiger partial charge in [-0.2, -0.15) is 0 Å². The lowest BCUT2D eigenvalue weighted by atomic mass is 10.0. The van der Waals surface area contributed by atoms with Crippen LogP contribution in [0.1, 0.15) is 66.6 Å². The number of rotatable bonds is 7. The summed E-state index contributed by atoms with van der Waals surface area (Å²) in [5.41, 5.74) is 2.04. The minimum absolute atomic E-state index is 0.119. The number of methoxy groups -OCH3 is 1. The monoisotopic (exact) mass is 410 g/mol. The molecule has 30 heavy (non-hydrogen) atoms. The molecule has 0 radical (unpaired) electrons. The van der Waals surface area contributed by atoms with Crippen LogP contribution in [0.4, 0.5) is 0 Å². The highest BCUT2D eigenvalue weighted by Crippen LogP contribution is 2.33. The first-order valence-corrected chi connectivity index (χ1v) is 10.4. The maximum atomic E-state index is 13.0. The van der Waals surface area contributed by atoms with Crippen LogP contribution in [0.25, 0.3) is 0 Å². The topological polar surface area (TPSA) is 84.4 Å². The van der Waals surface area contributed by atoms with Crippen molar-refractivity contribution in [1.29, 1.82) is 0 Å². The van der Waals surface area contributed by atoms with Crippen LogP contribution >= 0.6 is 0 Å². The third kappa shape index (κ3) is 5.14. The van der Waals surface area contributed by atoms with Crippen molar-refractivity contribution in [3.05, 3.63) is 53.1 Å². The molecule has 1 saturated heterocycles. The van der Waals surface area contributed by atoms with Gasteiger partial charge < -0.3 is 15.0 Å². The van der Waals surface area contributed by atoms with E-state index in [2.05, 4.69) is 15.3 Å². The highest BCUT2D eigenvalue weighted by atomic mass is 16.5. The van der Waals surface area contributed by atoms with Crippen LogP contribution in [0.5, 0.6) is 5.75 Å². The SMILES string of the molecule is COc1ccc(CNC(=O)c2cnc(C)nc2C2CCCN2C(=O)CC(C)C)cc1. The molecule has 2 heterocycles. The fourth-order valence-corrected chi connectivity index (χ4v) is 3.75. The molecule has 2 amide bonds. The Morgan fingerprint density at radius 1 is 1.27 bits per heavy atom. The van der Waals surface area contributed by atoms with Gasteiger partial charge in [-0.25, -0.2) is 9.97 Å². The minimum Gasteiger partial charge on any atom is -0.497 e. The number of likely N-dealkylation sites (tertiary alicyclic amines) is 1. The summed E-state index contributed by atoms with van der Waals surface area (Å²) in [6.45, 7) is 6.96. The summed E-state index contributed by atoms with van der Waals surface area (Å²) in [6.07, 6.45) is 3.79. The van der Waals surface area contributed by atoms with E-state index < -0.39 is 0 Å². The van der Waals surface area contributed by atoms with Gasteiger partial charge >= 0.3 is 0 Å². The van der Waals surface area contributed by atoms with Gasteiger partial charge in [0.05, 0.1) is 24.4 Å². The van der Waals surface area contributed by atoms with Gasteiger partial charge in [0, 0.05) is 25.7 Å². The number of carbonyl (C=O) groups is 2. The zero-order valence-electron chi connectivity index (χ0n) is 18.1. The summed E-state index contributed by atoms with van der Waals surface area (Å²) in [5.74, 6) is 1.54. The number of ether oxygens (including phenoxy) is 1. The summed E-state index contributed by atoms with van der Waals surface area (Å²) in [5, 5.41) is 2.95. The maximum Gasteiger partial charge on any atom is 0.255 e. The van der Waals surface area contributed by atoms with E-state index in [0.29, 0.717) is 36.6 Å². The number of hydrogen-bond donors (Lipinski definition) is 1. The Balaban J connectivity index is 1.78. The van der Waals surface area contributed by atoms with Crippen molar-refractivity contribution < 1.29 is 14.3 Å². The number of hydrogen-bond acceptors (Lipinski definition) is 5. The number of nitrogens with one attached hydrogen (secondary N) is 1. The van der Waals surface area contributed by atoms with E-state index in [9.17, 15) is 9.59 Å². The van der Waals surface area contributed by atoms with Gasteiger partial charge in [-0.1, -0.05) is 26.0 Å². The average Bonchev–Trinajstić information content (AvgIpc) is 3.22. The molecule has 160 valence electrons. The predicted octanol–water partition coefficient (Wildman–Crippen LogP) is 3.43. The second kappa shape index (κ2) is 9.69. The molecule has 1 fully saturated rings. The fourth-order valence-electron chi connectivity index (χ4n) is 3.75. The van der Waals surface area contributed by atoms with Gasteiger partial charge in [-0.3, -0.25) is 9.59 Å². The van der Waals surface area contributed by atoms with Gasteiger partial charge in [0.1, 0.15) is 11.6 Å². The van der Waals surface area contributed by atoms with Crippen molar-refractivity contribution >= 4 is 11.8 Å². The zero-order chi connectivity index (χ0) is 21.7. The second-order valence-corrected chi connectivity index (χ2v) is 8.09. The number of nitrogens with zero attached hydrogens (tertiary/aromatic N) is 3. The normalized spacial score (nSPS) is 16.0. The first-order chi connectivity index (χ1) is 14.4. The van der Waals surface area contributed by atoms with Gasteiger partial charge in [-0.05, 0) is 43.4 Å². The predicted molar refractivity (Wildman–Crippen MR) is 114 cm³/mol. The van der Waals surface area contributed by atoms with E-state index in [0.717, 1.165) is 24.2 Å². The lowest BCUT2D eigenvalue weighted by Gasteiger charge is -2.26. The molecule has 1 N–H and O–H groups in total. The summed E-state index contributed by atoms with van der Waals surface area (Å²) in [6, 6.07) is 7.36. The van der Waals surface area contributed by atoms with Crippen molar-refractivity contribution in [1.82, 2.24) is 20.2 Å². The Hall–Kier alpha value is -2.96. The molecule has 1 aromatic heterocycles. The van der Waals surface area contributed by atoms with E-state index in [1.807, 2.05) is 43.0 Å². The van der Waals surface area contributed by atoms with Crippen molar-refractivity contribution in [2.24, 2.45) is 5.92 Å². The molecule has 1 aliphatic rings. The third-order valence-corrected chi connectivity index (χ3v) is 5.27. The van der Waals surface area contributed by atoms with Crippen LogP contribution in [-0.2, 0) is 11.3 Å². The Morgan fingerprint density at radius 2 is 2.00 bits per heavy atom. The quantitative estimate of drug-likeness (QED) is 0.756. The number of amides is 2. The number of benzene rings is 1. The first-order valence-electron chi connectivity index (χ1n) is 10.4. The van der Waals surface area contributed by atoms with Gasteiger partial charge in [0.25, 0.3) is 5.91 Å². The number of carbonyl (C=O) groups excluding carboxylic acids is 2. The van der Waals surface area contributed by atoms with Crippen LogP contribution in [0, 0.1) is 12.8 Å². The Kier molecular flexibility index (Phi) is 7.03. The average molecular weight is 411 g/mol. The second-order valence-electron chi connectivity index (χ2n) is 8.09. The summed E-state index contributed by atoms with van der Waals surface area (Å²) >= 11 is 0. The van der Waals surface area contributed by atoms with Crippen LogP contribution in [0.2, 0.25) is 0 Å². The molecule has 0 spiro atoms. The molecule has 7 nitrogen and oxygen atoms in total. The molecule has 7 heteroatoms. The van der Waals surface area contributed by atoms with E-state index in [1.165, 1.54) is 0 Å². The summed E-state index contributed by atoms with van der Waals surface area (Å²) in [4.78, 5) is 36.4. The highest BCUT2D eigenvalue weighted by molar-refractivity contribution is 5.95. The molecule has 2 aromatic rings. The fraction of sp³-hybridized carbons (Fsp3) is 0.478. The van der Waals surface area contributed by atoms with Gasteiger partial charge in [0.2, 0.25) is 5.91 Å². The van der Waals surface area contributed by atoms with Crippen LogP contribution < -0.4 is 10.1 Å². The Bertz CT molecular complexity index is 896. The molecule has 1 unspecified atom stereocenters. The lowest BCUT2D eigenvalue weighted by molar-refractivity contribution is -0.133. The van der Waals surface area contributed by atoms with Crippen LogP contribution in [0.3, 0.4) is 0 Å². The summed E-state index contributed by atoms with van der Waals surface area (Å²) in [7, 11) is 1.62. The first kappa shape index (κ1) is 21.7. The molecule has 3 rings (SSSR count). The molecule has 0 aliphatic carbocycles. The van der Waals surface area contributed by atoms with E-state index in [1.54, 1.807) is 20.2 Å². The van der Waals surface area contributed by atoms with Crippen molar-refractivity contribution in [2.45, 2.75) is 52.6 Å². The third-order valence-electron chi connectivity index (χ3n) is 5.27. The molecular formula is C23H30N4O3. The smallest absolute Gasteiger partial charge is 0.255 e. The number of aromatic nitrogens is 2. The highest BCUT2D eigenvalue weighted by Gasteiger charge is 2.34. The molecule has 0 bridgehead atoms. The molecular weight excluding hydrogens is 380 g/mol. The van der Waals surface area contributed by atoms with E-state index in [-0.39, 0.29) is 23.8 Å². The standard InChI is InChI=1S/C23H30N4O3/c1-15(2)12-21(28)27-11-5-6-20(27)22-19(14-24-16(3)26-22)23(29)25-13-17-7-9-18(30-4)10-8-17/h7-10,14-15,20H,5-6,11-13H2,1-4H3,(H,25,29). The summed E-state index contributed by atoms with van der Waals surface area (Å²) < 4.78 is 5.17. The lowest BCUT2D eigenvalue weighted by Crippen LogP contribution is -2.34. The van der Waals surface area contributed by atoms with Crippen molar-refractivity contribution in [2.75, 3.05) is 13.7 Å². The Labute approximate surface area is 177 Å². The Morgan fingerprint density at radius 3 is 2.67 bits per heavy atom. The number of aryl methyl sites for hydroxylation is 1. The molecule has 0 saturated carbocycles. The maximum absolute atomic E-state index is 13.0. The minimum atomic E-state index is -0.232. The molecule has 1 atom stereocenters. The van der Waals surface area contributed by atoms with Crippen LogP contribution in [-0.4, -0.2) is 40.3 Å². The van der Waals surface area contributed by atoms with E-state index in [4.69, 9.17) is 4.74 Å². The van der Waals surface area contributed by atoms with Crippen LogP contribution in [0.15, 0.2) is 30.5 Å². The molecule has 1 aliphatic heterocycles. The van der Waals surface area contributed by atoms with Gasteiger partial charge in [-0.15, -0.1) is 0 Å². The zero-order valence-corrected chi connectivity index (χ0v) is 18.1.